The maximum Gasteiger partial charge on any atom is 0.472 e. The molecule has 632 valence electrons. The van der Waals surface area contributed by atoms with Crippen molar-refractivity contribution in [1.29, 1.82) is 0 Å². The molecule has 0 aromatic heterocycles. The molecule has 0 rings (SSSR count). The summed E-state index contributed by atoms with van der Waals surface area (Å²) in [5.41, 5.74) is 0. The first kappa shape index (κ1) is 106. The Morgan fingerprint density at radius 2 is 0.477 bits per heavy atom. The van der Waals surface area contributed by atoms with E-state index in [-0.39, 0.29) is 19.3 Å². The average Bonchev–Trinajstić information content (AvgIpc) is 0.898. The van der Waals surface area contributed by atoms with E-state index in [0.717, 1.165) is 199 Å². The van der Waals surface area contributed by atoms with Gasteiger partial charge < -0.3 is 34.2 Å². The molecule has 0 spiro atoms. The van der Waals surface area contributed by atoms with E-state index in [0.29, 0.717) is 19.3 Å². The summed E-state index contributed by atoms with van der Waals surface area (Å²) in [5.74, 6) is -1.61. The van der Waals surface area contributed by atoms with Gasteiger partial charge in [-0.25, -0.2) is 9.13 Å². The Kier molecular flexibility index (Phi) is 80.0. The van der Waals surface area contributed by atoms with Crippen LogP contribution in [-0.2, 0) is 55.8 Å². The zero-order valence-corrected chi connectivity index (χ0v) is 71.1. The SMILES string of the molecule is CC/C=C\C/C=C\C/C=C\C/C=C\C/C=C\C/C=C\CCCCCCCCC(=O)OCC(COP(=O)(O)OCC(O)COP(=O)(O)OCC(O)COC(=O)CCCCCCCCCCCCC/C=C\C/C=C\C/C=C\C/C=C\CCCCC)OC(=O)CCCCCCCCC/C=C\C/C=C\C/C=C\C/C=C\C/C=C\CC. The highest BCUT2D eigenvalue weighted by atomic mass is 31.2. The van der Waals surface area contributed by atoms with Crippen LogP contribution in [0.1, 0.15) is 329 Å². The number of esters is 3. The molecule has 0 aromatic rings. The zero-order chi connectivity index (χ0) is 80.8. The normalized spacial score (nSPS) is 14.8. The van der Waals surface area contributed by atoms with Gasteiger partial charge in [0.05, 0.1) is 26.4 Å². The molecule has 0 radical (unpaired) electrons. The Hall–Kier alpha value is -5.35. The summed E-state index contributed by atoms with van der Waals surface area (Å²) in [6.07, 6.45) is 109. The quantitative estimate of drug-likeness (QED) is 0.0146. The van der Waals surface area contributed by atoms with E-state index in [1.807, 2.05) is 0 Å². The fourth-order valence-electron chi connectivity index (χ4n) is 11.1. The number of unbranched alkanes of at least 4 members (excludes halogenated alkanes) is 27. The van der Waals surface area contributed by atoms with Crippen LogP contribution in [0, 0.1) is 0 Å². The number of carbonyl (C=O) groups is 3. The number of hydrogen-bond acceptors (Lipinski definition) is 14. The lowest BCUT2D eigenvalue weighted by Crippen LogP contribution is -2.30. The molecule has 5 atom stereocenters. The molecule has 0 saturated carbocycles. The molecule has 4 N–H and O–H groups in total. The minimum atomic E-state index is -4.95. The molecule has 0 saturated heterocycles. The highest BCUT2D eigenvalue weighted by molar-refractivity contribution is 7.47. The lowest BCUT2D eigenvalue weighted by atomic mass is 10.0. The third-order valence-corrected chi connectivity index (χ3v) is 19.5. The van der Waals surface area contributed by atoms with Gasteiger partial charge in [0.15, 0.2) is 6.10 Å². The van der Waals surface area contributed by atoms with E-state index < -0.39 is 91.5 Å². The topological polar surface area (TPSA) is 231 Å². The number of carbonyl (C=O) groups excluding carboxylic acids is 3. The lowest BCUT2D eigenvalue weighted by molar-refractivity contribution is -0.161. The molecular formula is C93H154O16P2. The van der Waals surface area contributed by atoms with Crippen molar-refractivity contribution in [2.45, 2.75) is 347 Å². The van der Waals surface area contributed by atoms with Crippen LogP contribution in [-0.4, -0.2) is 95.9 Å². The summed E-state index contributed by atoms with van der Waals surface area (Å²) in [7, 11) is -9.82. The molecule has 16 nitrogen and oxygen atoms in total. The molecule has 5 unspecified atom stereocenters. The van der Waals surface area contributed by atoms with E-state index >= 15 is 0 Å². The standard InChI is InChI=1S/C93H154O16P2/c1-4-7-10-13-16-19-22-25-28-31-34-37-40-42-43-45-48-49-52-55-58-61-64-67-70-73-76-79-91(96)103-82-88(94)83-105-110(99,100)106-84-89(95)85-107-111(101,102)108-87-90(109-93(98)81-78-75-72-69-66-63-60-57-54-51-46-39-36-33-30-27-24-21-18-15-12-9-6-3)86-104-92(97)80-77-74-71-68-65-62-59-56-53-50-47-44-41-38-35-32-29-26-23-20-17-14-11-8-5-2/h8-9,11-12,16-21,25-30,34-39,42-44,47,51,53-54,56,88-90,94-95H,4-7,10,13-15,22-24,31-33,40-41,45-46,48-50,52,55,57-87H2,1-3H3,(H,99,100)(H,101,102)/b11-8-,12-9-,19-16-,20-17-,21-18-,28-25-,29-26-,30-27-,37-34-,38-35-,39-36-,43-42-,47-44-,54-51-,56-53-. The predicted octanol–water partition coefficient (Wildman–Crippen LogP) is 26.1. The van der Waals surface area contributed by atoms with Gasteiger partial charge >= 0.3 is 33.6 Å². The number of aliphatic hydroxyl groups is 2. The summed E-state index contributed by atoms with van der Waals surface area (Å²) in [5, 5.41) is 20.7. The van der Waals surface area contributed by atoms with Crippen molar-refractivity contribution in [1.82, 2.24) is 0 Å². The number of phosphoric acid groups is 2. The van der Waals surface area contributed by atoms with Gasteiger partial charge in [0.2, 0.25) is 0 Å². The monoisotopic (exact) mass is 1590 g/mol. The second kappa shape index (κ2) is 84.1. The number of allylic oxidation sites excluding steroid dienone is 30. The van der Waals surface area contributed by atoms with Gasteiger partial charge in [-0.1, -0.05) is 331 Å². The maximum atomic E-state index is 13.1. The smallest absolute Gasteiger partial charge is 0.463 e. The van der Waals surface area contributed by atoms with Gasteiger partial charge in [0.25, 0.3) is 0 Å². The summed E-state index contributed by atoms with van der Waals surface area (Å²) in [6, 6.07) is 0. The fraction of sp³-hybridized carbons (Fsp3) is 0.645. The number of phosphoric ester groups is 2. The largest absolute Gasteiger partial charge is 0.472 e. The Bertz CT molecular complexity index is 2750. The Balaban J connectivity index is 4.71. The van der Waals surface area contributed by atoms with Crippen molar-refractivity contribution >= 4 is 33.6 Å². The van der Waals surface area contributed by atoms with Crippen LogP contribution >= 0.6 is 15.6 Å². The molecule has 0 amide bonds. The lowest BCUT2D eigenvalue weighted by Gasteiger charge is -2.21. The maximum absolute atomic E-state index is 13.1. The molecule has 0 heterocycles. The van der Waals surface area contributed by atoms with E-state index in [1.165, 1.54) is 70.6 Å². The second-order valence-corrected chi connectivity index (χ2v) is 31.1. The Labute approximate surface area is 675 Å². The third-order valence-electron chi connectivity index (χ3n) is 17.6. The molecule has 0 aromatic carbocycles. The number of hydrogen-bond donors (Lipinski definition) is 4. The van der Waals surface area contributed by atoms with Crippen LogP contribution in [0.3, 0.4) is 0 Å². The highest BCUT2D eigenvalue weighted by Crippen LogP contribution is 2.45. The second-order valence-electron chi connectivity index (χ2n) is 28.2. The Morgan fingerprint density at radius 3 is 0.757 bits per heavy atom. The minimum Gasteiger partial charge on any atom is -0.463 e. The van der Waals surface area contributed by atoms with Crippen molar-refractivity contribution in [2.24, 2.45) is 0 Å². The van der Waals surface area contributed by atoms with Crippen LogP contribution < -0.4 is 0 Å². The van der Waals surface area contributed by atoms with Gasteiger partial charge in [0.1, 0.15) is 25.4 Å². The van der Waals surface area contributed by atoms with Gasteiger partial charge in [0, 0.05) is 19.3 Å². The van der Waals surface area contributed by atoms with Gasteiger partial charge in [-0.3, -0.25) is 32.5 Å². The molecule has 0 bridgehead atoms. The van der Waals surface area contributed by atoms with Crippen molar-refractivity contribution in [2.75, 3.05) is 39.6 Å². The molecule has 0 fully saturated rings. The van der Waals surface area contributed by atoms with Crippen LogP contribution in [0.2, 0.25) is 0 Å². The summed E-state index contributed by atoms with van der Waals surface area (Å²) in [4.78, 5) is 58.9. The van der Waals surface area contributed by atoms with Gasteiger partial charge in [-0.2, -0.15) is 0 Å². The molecule has 111 heavy (non-hydrogen) atoms. The van der Waals surface area contributed by atoms with Crippen LogP contribution in [0.15, 0.2) is 182 Å². The average molecular weight is 1590 g/mol. The summed E-state index contributed by atoms with van der Waals surface area (Å²) < 4.78 is 61.4. The summed E-state index contributed by atoms with van der Waals surface area (Å²) >= 11 is 0. The van der Waals surface area contributed by atoms with Crippen LogP contribution in [0.4, 0.5) is 0 Å². The van der Waals surface area contributed by atoms with Gasteiger partial charge in [-0.05, 0) is 161 Å². The first-order valence-electron chi connectivity index (χ1n) is 43.1. The fourth-order valence-corrected chi connectivity index (χ4v) is 12.7. The van der Waals surface area contributed by atoms with E-state index in [9.17, 15) is 43.5 Å². The molecule has 0 aliphatic carbocycles. The Morgan fingerprint density at radius 1 is 0.261 bits per heavy atom. The zero-order valence-electron chi connectivity index (χ0n) is 69.3. The van der Waals surface area contributed by atoms with Crippen LogP contribution in [0.25, 0.3) is 0 Å². The van der Waals surface area contributed by atoms with E-state index in [2.05, 4.69) is 203 Å². The third kappa shape index (κ3) is 85.4. The molecule has 18 heteroatoms. The molecule has 0 aliphatic rings. The number of aliphatic hydroxyl groups excluding tert-OH is 2. The van der Waals surface area contributed by atoms with Crippen molar-refractivity contribution in [3.63, 3.8) is 0 Å². The van der Waals surface area contributed by atoms with Crippen molar-refractivity contribution < 1.29 is 75.8 Å². The first-order chi connectivity index (χ1) is 54.2. The minimum absolute atomic E-state index is 0.0805. The molecule has 0 aliphatic heterocycles. The van der Waals surface area contributed by atoms with Crippen molar-refractivity contribution in [3.8, 4) is 0 Å². The van der Waals surface area contributed by atoms with E-state index in [1.54, 1.807) is 0 Å². The summed E-state index contributed by atoms with van der Waals surface area (Å²) in [6.45, 7) is 2.40. The van der Waals surface area contributed by atoms with Gasteiger partial charge in [-0.15, -0.1) is 0 Å². The molecular weight excluding hydrogens is 1430 g/mol. The number of rotatable bonds is 80. The predicted molar refractivity (Wildman–Crippen MR) is 463 cm³/mol. The number of ether oxygens (including phenoxy) is 3. The van der Waals surface area contributed by atoms with Crippen LogP contribution in [0.5, 0.6) is 0 Å². The first-order valence-corrected chi connectivity index (χ1v) is 46.1. The highest BCUT2D eigenvalue weighted by Gasteiger charge is 2.29. The van der Waals surface area contributed by atoms with Crippen molar-refractivity contribution in [3.05, 3.63) is 182 Å². The van der Waals surface area contributed by atoms with E-state index in [4.69, 9.17) is 32.3 Å².